The molecule has 0 amide bonds. The van der Waals surface area contributed by atoms with Gasteiger partial charge in [-0.25, -0.2) is 0 Å². The van der Waals surface area contributed by atoms with E-state index >= 15 is 0 Å². The Kier molecular flexibility index (Phi) is 4.98. The Morgan fingerprint density at radius 2 is 2.06 bits per heavy atom. The Morgan fingerprint density at radius 1 is 1.24 bits per heavy atom. The highest BCUT2D eigenvalue weighted by Gasteiger charge is 2.22. The molecule has 1 unspecified atom stereocenters. The van der Waals surface area contributed by atoms with Crippen molar-refractivity contribution < 1.29 is 0 Å². The summed E-state index contributed by atoms with van der Waals surface area (Å²) in [6.45, 7) is 1.94. The van der Waals surface area contributed by atoms with Crippen molar-refractivity contribution in [3.05, 3.63) is 33.8 Å². The molecule has 1 fully saturated rings. The third-order valence-electron chi connectivity index (χ3n) is 3.33. The monoisotopic (exact) mass is 291 g/mol. The zero-order valence-corrected chi connectivity index (χ0v) is 11.9. The van der Waals surface area contributed by atoms with Crippen LogP contribution in [0.2, 0.25) is 10.0 Å². The molecule has 1 aromatic rings. The van der Waals surface area contributed by atoms with Gasteiger partial charge in [-0.3, -0.25) is 4.90 Å². The molecule has 0 N–H and O–H groups in total. The smallest absolute Gasteiger partial charge is 0.0637 e. The van der Waals surface area contributed by atoms with Gasteiger partial charge in [0.05, 0.1) is 10.0 Å². The molecule has 0 radical (unpaired) electrons. The Hall–Kier alpha value is 0.0500. The van der Waals surface area contributed by atoms with Crippen molar-refractivity contribution in [2.75, 3.05) is 12.4 Å². The summed E-state index contributed by atoms with van der Waals surface area (Å²) in [5, 5.41) is 1.30. The Morgan fingerprint density at radius 3 is 2.82 bits per heavy atom. The predicted molar refractivity (Wildman–Crippen MR) is 75.2 cm³/mol. The van der Waals surface area contributed by atoms with E-state index in [1.165, 1.54) is 19.3 Å². The molecule has 94 valence electrons. The highest BCUT2D eigenvalue weighted by Crippen LogP contribution is 2.28. The van der Waals surface area contributed by atoms with Gasteiger partial charge in [-0.05, 0) is 31.0 Å². The van der Waals surface area contributed by atoms with Gasteiger partial charge in [0.15, 0.2) is 0 Å². The van der Waals surface area contributed by atoms with E-state index < -0.39 is 0 Å². The minimum atomic E-state index is 0.473. The van der Waals surface area contributed by atoms with E-state index in [1.807, 2.05) is 18.2 Å². The standard InChI is InChI=1S/C13H16Cl3N/c14-8-11-5-1-2-7-17(11)9-10-4-3-6-12(15)13(10)16/h3-4,6,11H,1-2,5,7-9H2. The molecule has 1 heterocycles. The van der Waals surface area contributed by atoms with E-state index in [-0.39, 0.29) is 0 Å². The fourth-order valence-electron chi connectivity index (χ4n) is 2.33. The maximum Gasteiger partial charge on any atom is 0.0637 e. The lowest BCUT2D eigenvalue weighted by molar-refractivity contribution is 0.155. The van der Waals surface area contributed by atoms with Gasteiger partial charge in [0.1, 0.15) is 0 Å². The number of hydrogen-bond acceptors (Lipinski definition) is 1. The van der Waals surface area contributed by atoms with Gasteiger partial charge in [0, 0.05) is 18.5 Å². The summed E-state index contributed by atoms with van der Waals surface area (Å²) in [4.78, 5) is 2.41. The van der Waals surface area contributed by atoms with Crippen molar-refractivity contribution in [1.29, 1.82) is 0 Å². The van der Waals surface area contributed by atoms with Crippen molar-refractivity contribution in [2.45, 2.75) is 31.8 Å². The summed E-state index contributed by atoms with van der Waals surface area (Å²) in [6, 6.07) is 6.28. The normalized spacial score (nSPS) is 21.7. The van der Waals surface area contributed by atoms with Crippen LogP contribution in [0.5, 0.6) is 0 Å². The van der Waals surface area contributed by atoms with Gasteiger partial charge in [-0.2, -0.15) is 0 Å². The van der Waals surface area contributed by atoms with Crippen LogP contribution in [0.4, 0.5) is 0 Å². The van der Waals surface area contributed by atoms with Crippen molar-refractivity contribution in [3.8, 4) is 0 Å². The van der Waals surface area contributed by atoms with E-state index in [2.05, 4.69) is 4.90 Å². The van der Waals surface area contributed by atoms with E-state index in [9.17, 15) is 0 Å². The number of piperidine rings is 1. The maximum atomic E-state index is 6.21. The first-order valence-corrected chi connectivity index (χ1v) is 7.24. The summed E-state index contributed by atoms with van der Waals surface area (Å²) < 4.78 is 0. The molecule has 0 aliphatic carbocycles. The second-order valence-electron chi connectivity index (χ2n) is 4.49. The summed E-state index contributed by atoms with van der Waals surface area (Å²) in [6.07, 6.45) is 3.70. The fraction of sp³-hybridized carbons (Fsp3) is 0.538. The van der Waals surface area contributed by atoms with Crippen LogP contribution >= 0.6 is 34.8 Å². The Balaban J connectivity index is 2.11. The minimum absolute atomic E-state index is 0.473. The predicted octanol–water partition coefficient (Wildman–Crippen LogP) is 4.59. The largest absolute Gasteiger partial charge is 0.295 e. The first kappa shape index (κ1) is 13.5. The van der Waals surface area contributed by atoms with E-state index in [1.54, 1.807) is 0 Å². The lowest BCUT2D eigenvalue weighted by Crippen LogP contribution is -2.40. The number of rotatable bonds is 3. The molecular formula is C13H16Cl3N. The number of nitrogens with zero attached hydrogens (tertiary/aromatic N) is 1. The number of likely N-dealkylation sites (tertiary alicyclic amines) is 1. The number of halogens is 3. The van der Waals surface area contributed by atoms with Crippen molar-refractivity contribution in [3.63, 3.8) is 0 Å². The first-order valence-electron chi connectivity index (χ1n) is 5.95. The van der Waals surface area contributed by atoms with Crippen LogP contribution in [0.25, 0.3) is 0 Å². The summed E-state index contributed by atoms with van der Waals surface area (Å²) in [5.41, 5.74) is 1.09. The van der Waals surface area contributed by atoms with E-state index in [0.29, 0.717) is 22.0 Å². The van der Waals surface area contributed by atoms with Gasteiger partial charge in [-0.1, -0.05) is 41.8 Å². The van der Waals surface area contributed by atoms with Crippen molar-refractivity contribution in [1.82, 2.24) is 4.90 Å². The van der Waals surface area contributed by atoms with Crippen molar-refractivity contribution >= 4 is 34.8 Å². The van der Waals surface area contributed by atoms with Crippen LogP contribution in [0.3, 0.4) is 0 Å². The molecule has 4 heteroatoms. The topological polar surface area (TPSA) is 3.24 Å². The molecule has 17 heavy (non-hydrogen) atoms. The molecule has 2 rings (SSSR count). The molecule has 1 atom stereocenters. The van der Waals surface area contributed by atoms with Crippen LogP contribution in [0, 0.1) is 0 Å². The lowest BCUT2D eigenvalue weighted by Gasteiger charge is -2.34. The second kappa shape index (κ2) is 6.29. The van der Waals surface area contributed by atoms with Crippen LogP contribution in [-0.4, -0.2) is 23.4 Å². The summed E-state index contributed by atoms with van der Waals surface area (Å²) in [5.74, 6) is 0.693. The molecular weight excluding hydrogens is 277 g/mol. The third-order valence-corrected chi connectivity index (χ3v) is 4.55. The molecule has 1 aliphatic rings. The average Bonchev–Trinajstić information content (AvgIpc) is 2.35. The number of benzene rings is 1. The van der Waals surface area contributed by atoms with Gasteiger partial charge < -0.3 is 0 Å². The molecule has 1 nitrogen and oxygen atoms in total. The molecule has 1 aromatic carbocycles. The van der Waals surface area contributed by atoms with Crippen molar-refractivity contribution in [2.24, 2.45) is 0 Å². The first-order chi connectivity index (χ1) is 8.22. The van der Waals surface area contributed by atoms with Gasteiger partial charge in [0.25, 0.3) is 0 Å². The van der Waals surface area contributed by atoms with Gasteiger partial charge in [0.2, 0.25) is 0 Å². The average molecular weight is 293 g/mol. The highest BCUT2D eigenvalue weighted by atomic mass is 35.5. The number of alkyl halides is 1. The maximum absolute atomic E-state index is 6.21. The SMILES string of the molecule is ClCC1CCCCN1Cc1cccc(Cl)c1Cl. The third kappa shape index (κ3) is 3.29. The van der Waals surface area contributed by atoms with Crippen LogP contribution in [0.15, 0.2) is 18.2 Å². The van der Waals surface area contributed by atoms with Gasteiger partial charge >= 0.3 is 0 Å². The molecule has 1 aliphatic heterocycles. The Bertz CT molecular complexity index is 381. The zero-order valence-electron chi connectivity index (χ0n) is 9.63. The molecule has 0 bridgehead atoms. The molecule has 0 saturated carbocycles. The fourth-order valence-corrected chi connectivity index (χ4v) is 3.06. The van der Waals surface area contributed by atoms with Gasteiger partial charge in [-0.15, -0.1) is 11.6 Å². The highest BCUT2D eigenvalue weighted by molar-refractivity contribution is 6.42. The zero-order chi connectivity index (χ0) is 12.3. The second-order valence-corrected chi connectivity index (χ2v) is 5.58. The van der Waals surface area contributed by atoms with Crippen LogP contribution in [-0.2, 0) is 6.54 Å². The van der Waals surface area contributed by atoms with E-state index in [4.69, 9.17) is 34.8 Å². The van der Waals surface area contributed by atoms with E-state index in [0.717, 1.165) is 18.7 Å². The number of hydrogen-bond donors (Lipinski definition) is 0. The quantitative estimate of drug-likeness (QED) is 0.737. The molecule has 0 spiro atoms. The van der Waals surface area contributed by atoms with Crippen LogP contribution in [0.1, 0.15) is 24.8 Å². The summed E-state index contributed by atoms with van der Waals surface area (Å²) >= 11 is 18.2. The Labute approximate surface area is 118 Å². The summed E-state index contributed by atoms with van der Waals surface area (Å²) in [7, 11) is 0. The lowest BCUT2D eigenvalue weighted by atomic mass is 10.0. The molecule has 1 saturated heterocycles. The minimum Gasteiger partial charge on any atom is -0.295 e. The van der Waals surface area contributed by atoms with Crippen LogP contribution < -0.4 is 0 Å². The molecule has 0 aromatic heterocycles.